The van der Waals surface area contributed by atoms with Crippen molar-refractivity contribution in [3.05, 3.63) is 41.5 Å². The van der Waals surface area contributed by atoms with Gasteiger partial charge in [-0.1, -0.05) is 38.1 Å². The molecule has 25 heavy (non-hydrogen) atoms. The summed E-state index contributed by atoms with van der Waals surface area (Å²) in [5.41, 5.74) is 3.31. The van der Waals surface area contributed by atoms with Crippen LogP contribution in [0.3, 0.4) is 0 Å². The fourth-order valence-electron chi connectivity index (χ4n) is 3.12. The third-order valence-electron chi connectivity index (χ3n) is 4.84. The average molecular weight is 344 g/mol. The maximum absolute atomic E-state index is 12.5. The number of ether oxygens (including phenoxy) is 1. The predicted octanol–water partition coefficient (Wildman–Crippen LogP) is 3.47. The lowest BCUT2D eigenvalue weighted by molar-refractivity contribution is -0.131. The summed E-state index contributed by atoms with van der Waals surface area (Å²) in [6.45, 7) is 11.3. The molecule has 138 valence electrons. The van der Waals surface area contributed by atoms with Crippen LogP contribution in [0.2, 0.25) is 0 Å². The summed E-state index contributed by atoms with van der Waals surface area (Å²) < 4.78 is 5.23. The van der Waals surface area contributed by atoms with E-state index in [9.17, 15) is 4.79 Å². The normalized spacial score (nSPS) is 16.0. The Bertz CT molecular complexity index is 620. The fourth-order valence-corrected chi connectivity index (χ4v) is 3.12. The number of hydrogen-bond donors (Lipinski definition) is 1. The number of amides is 1. The van der Waals surface area contributed by atoms with Gasteiger partial charge in [-0.3, -0.25) is 9.69 Å². The maximum atomic E-state index is 12.5. The van der Waals surface area contributed by atoms with E-state index in [0.29, 0.717) is 12.5 Å². The van der Waals surface area contributed by atoms with Gasteiger partial charge in [-0.05, 0) is 49.0 Å². The number of carbonyl (C=O) groups excluding carboxylic acids is 1. The topological polar surface area (TPSA) is 41.6 Å². The minimum Gasteiger partial charge on any atom is -0.380 e. The first kappa shape index (κ1) is 19.7. The molecule has 1 aromatic carbocycles. The smallest absolute Gasteiger partial charge is 0.239 e. The van der Waals surface area contributed by atoms with Gasteiger partial charge in [0.1, 0.15) is 0 Å². The molecule has 4 nitrogen and oxygen atoms in total. The Morgan fingerprint density at radius 3 is 2.72 bits per heavy atom. The van der Waals surface area contributed by atoms with Crippen molar-refractivity contribution >= 4 is 11.5 Å². The highest BCUT2D eigenvalue weighted by Crippen LogP contribution is 2.27. The summed E-state index contributed by atoms with van der Waals surface area (Å²) in [6.07, 6.45) is 3.21. The summed E-state index contributed by atoms with van der Waals surface area (Å²) >= 11 is 0. The fraction of sp³-hybridized carbons (Fsp3) is 0.571. The first-order valence-electron chi connectivity index (χ1n) is 9.15. The molecule has 0 aromatic heterocycles. The molecule has 1 aliphatic heterocycles. The van der Waals surface area contributed by atoms with Crippen LogP contribution in [0.5, 0.6) is 0 Å². The molecule has 0 saturated carbocycles. The third kappa shape index (κ3) is 5.16. The van der Waals surface area contributed by atoms with Crippen molar-refractivity contribution in [1.29, 1.82) is 0 Å². The zero-order chi connectivity index (χ0) is 18.4. The van der Waals surface area contributed by atoms with Crippen LogP contribution in [0, 0.1) is 5.92 Å². The van der Waals surface area contributed by atoms with Crippen molar-refractivity contribution < 1.29 is 9.53 Å². The minimum atomic E-state index is -0.491. The lowest BCUT2D eigenvalue weighted by Crippen LogP contribution is -2.56. The highest BCUT2D eigenvalue weighted by Gasteiger charge is 2.35. The molecular formula is C21H32N2O2. The molecule has 0 saturated heterocycles. The van der Waals surface area contributed by atoms with Gasteiger partial charge in [0.15, 0.2) is 0 Å². The third-order valence-corrected chi connectivity index (χ3v) is 4.84. The Morgan fingerprint density at radius 1 is 1.36 bits per heavy atom. The molecular weight excluding hydrogens is 312 g/mol. The summed E-state index contributed by atoms with van der Waals surface area (Å²) in [7, 11) is 1.72. The number of nitrogens with zero attached hydrogens (tertiary/aromatic N) is 1. The van der Waals surface area contributed by atoms with Crippen molar-refractivity contribution in [3.8, 4) is 0 Å². The van der Waals surface area contributed by atoms with Gasteiger partial charge in [-0.25, -0.2) is 0 Å². The summed E-state index contributed by atoms with van der Waals surface area (Å²) in [5, 5.41) is 3.07. The van der Waals surface area contributed by atoms with Crippen molar-refractivity contribution in [3.63, 3.8) is 0 Å². The second-order valence-electron chi connectivity index (χ2n) is 7.72. The summed E-state index contributed by atoms with van der Waals surface area (Å²) in [4.78, 5) is 14.8. The molecule has 0 aliphatic carbocycles. The van der Waals surface area contributed by atoms with Gasteiger partial charge in [0.2, 0.25) is 5.91 Å². The SMILES string of the molecule is COCc1cccc(C2=CCN(C(C)(C)C(=O)NCC(C)C)CC2)c1. The Balaban J connectivity index is 2.03. The van der Waals surface area contributed by atoms with Crippen LogP contribution in [0.1, 0.15) is 45.2 Å². The lowest BCUT2D eigenvalue weighted by atomic mass is 9.93. The number of rotatable bonds is 7. The molecule has 2 rings (SSSR count). The first-order valence-corrected chi connectivity index (χ1v) is 9.15. The predicted molar refractivity (Wildman–Crippen MR) is 103 cm³/mol. The second kappa shape index (κ2) is 8.63. The van der Waals surface area contributed by atoms with Crippen molar-refractivity contribution in [1.82, 2.24) is 10.2 Å². The zero-order valence-corrected chi connectivity index (χ0v) is 16.3. The van der Waals surface area contributed by atoms with Gasteiger partial charge in [0.25, 0.3) is 0 Å². The summed E-state index contributed by atoms with van der Waals surface area (Å²) in [5.74, 6) is 0.576. The molecule has 0 spiro atoms. The number of methoxy groups -OCH3 is 1. The van der Waals surface area contributed by atoms with Crippen molar-refractivity contribution in [2.24, 2.45) is 5.92 Å². The van der Waals surface area contributed by atoms with E-state index in [-0.39, 0.29) is 5.91 Å². The maximum Gasteiger partial charge on any atom is 0.239 e. The van der Waals surface area contributed by atoms with Gasteiger partial charge >= 0.3 is 0 Å². The molecule has 1 N–H and O–H groups in total. The molecule has 4 heteroatoms. The van der Waals surface area contributed by atoms with Crippen LogP contribution in [0.15, 0.2) is 30.3 Å². The molecule has 1 aromatic rings. The highest BCUT2D eigenvalue weighted by molar-refractivity contribution is 5.85. The molecule has 0 bridgehead atoms. The van der Waals surface area contributed by atoms with E-state index in [1.807, 2.05) is 13.8 Å². The van der Waals surface area contributed by atoms with E-state index >= 15 is 0 Å². The van der Waals surface area contributed by atoms with Crippen LogP contribution in [-0.2, 0) is 16.1 Å². The Morgan fingerprint density at radius 2 is 2.12 bits per heavy atom. The van der Waals surface area contributed by atoms with E-state index in [1.165, 1.54) is 16.7 Å². The Hall–Kier alpha value is -1.65. The minimum absolute atomic E-state index is 0.111. The molecule has 1 amide bonds. The number of carbonyl (C=O) groups is 1. The van der Waals surface area contributed by atoms with Gasteiger partial charge < -0.3 is 10.1 Å². The zero-order valence-electron chi connectivity index (χ0n) is 16.3. The van der Waals surface area contributed by atoms with E-state index in [4.69, 9.17) is 4.74 Å². The number of hydrogen-bond acceptors (Lipinski definition) is 3. The van der Waals surface area contributed by atoms with Gasteiger partial charge in [0, 0.05) is 26.7 Å². The van der Waals surface area contributed by atoms with Crippen molar-refractivity contribution in [2.75, 3.05) is 26.7 Å². The molecule has 1 heterocycles. The number of nitrogens with one attached hydrogen (secondary N) is 1. The second-order valence-corrected chi connectivity index (χ2v) is 7.72. The highest BCUT2D eigenvalue weighted by atomic mass is 16.5. The van der Waals surface area contributed by atoms with Crippen LogP contribution in [0.4, 0.5) is 0 Å². The quantitative estimate of drug-likeness (QED) is 0.823. The van der Waals surface area contributed by atoms with E-state index < -0.39 is 5.54 Å². The molecule has 0 unspecified atom stereocenters. The number of benzene rings is 1. The lowest BCUT2D eigenvalue weighted by Gasteiger charge is -2.39. The Kier molecular flexibility index (Phi) is 6.79. The van der Waals surface area contributed by atoms with Crippen LogP contribution in [-0.4, -0.2) is 43.1 Å². The molecule has 1 aliphatic rings. The van der Waals surface area contributed by atoms with Crippen LogP contribution >= 0.6 is 0 Å². The van der Waals surface area contributed by atoms with E-state index in [0.717, 1.165) is 26.1 Å². The van der Waals surface area contributed by atoms with Gasteiger partial charge in [-0.2, -0.15) is 0 Å². The monoisotopic (exact) mass is 344 g/mol. The molecule has 0 radical (unpaired) electrons. The molecule has 0 fully saturated rings. The first-order chi connectivity index (χ1) is 11.8. The molecule has 0 atom stereocenters. The Labute approximate surface area is 152 Å². The van der Waals surface area contributed by atoms with Gasteiger partial charge in [-0.15, -0.1) is 0 Å². The van der Waals surface area contributed by atoms with E-state index in [2.05, 4.69) is 54.4 Å². The standard InChI is InChI=1S/C21H32N2O2/c1-16(2)14-22-20(24)21(3,4)23-11-9-18(10-12-23)19-8-6-7-17(13-19)15-25-5/h6-9,13,16H,10-12,14-15H2,1-5H3,(H,22,24). The van der Waals surface area contributed by atoms with E-state index in [1.54, 1.807) is 7.11 Å². The van der Waals surface area contributed by atoms with Crippen LogP contribution < -0.4 is 5.32 Å². The van der Waals surface area contributed by atoms with Crippen molar-refractivity contribution in [2.45, 2.75) is 46.3 Å². The largest absolute Gasteiger partial charge is 0.380 e. The summed E-state index contributed by atoms with van der Waals surface area (Å²) in [6, 6.07) is 8.53. The van der Waals surface area contributed by atoms with Gasteiger partial charge in [0.05, 0.1) is 12.1 Å². The average Bonchev–Trinajstić information content (AvgIpc) is 2.60. The van der Waals surface area contributed by atoms with Crippen LogP contribution in [0.25, 0.3) is 5.57 Å².